The quantitative estimate of drug-likeness (QED) is 0.0280. The first-order valence-electron chi connectivity index (χ1n) is 20.1. The normalized spacial score (nSPS) is 14.0. The van der Waals surface area contributed by atoms with E-state index >= 15 is 4.39 Å². The summed E-state index contributed by atoms with van der Waals surface area (Å²) in [4.78, 5) is 64.1. The number of piperidine rings is 1. The molecule has 62 heavy (non-hydrogen) atoms. The van der Waals surface area contributed by atoms with Crippen LogP contribution in [0.5, 0.6) is 0 Å². The Hall–Kier alpha value is -5.86. The minimum Gasteiger partial charge on any atom is -0.382 e. The molecule has 0 spiro atoms. The van der Waals surface area contributed by atoms with E-state index in [-0.39, 0.29) is 58.6 Å². The predicted octanol–water partition coefficient (Wildman–Crippen LogP) is 5.85. The first kappa shape index (κ1) is 45.7. The Labute approximate surface area is 361 Å². The van der Waals surface area contributed by atoms with Crippen molar-refractivity contribution in [3.8, 4) is 11.3 Å². The van der Waals surface area contributed by atoms with E-state index in [4.69, 9.17) is 14.2 Å². The largest absolute Gasteiger partial charge is 0.382 e. The Kier molecular flexibility index (Phi) is 16.0. The maximum atomic E-state index is 15.1. The highest BCUT2D eigenvalue weighted by molar-refractivity contribution is 7.97. The van der Waals surface area contributed by atoms with Crippen molar-refractivity contribution < 1.29 is 42.2 Å². The number of nitrogens with zero attached hydrogens (tertiary/aromatic N) is 5. The fraction of sp³-hybridized carbons (Fsp3) is 0.372. The topological polar surface area (TPSA) is 191 Å². The van der Waals surface area contributed by atoms with Gasteiger partial charge in [-0.25, -0.2) is 23.7 Å². The van der Waals surface area contributed by atoms with Gasteiger partial charge < -0.3 is 34.3 Å². The van der Waals surface area contributed by atoms with Crippen molar-refractivity contribution in [2.75, 3.05) is 70.4 Å². The smallest absolute Gasteiger partial charge is 0.257 e. The summed E-state index contributed by atoms with van der Waals surface area (Å²) in [6, 6.07) is 14.5. The van der Waals surface area contributed by atoms with E-state index in [2.05, 4.69) is 35.6 Å². The van der Waals surface area contributed by atoms with Crippen molar-refractivity contribution in [3.63, 3.8) is 0 Å². The summed E-state index contributed by atoms with van der Waals surface area (Å²) in [6.07, 6.45) is 1.98. The minimum absolute atomic E-state index is 0.0233. The highest BCUT2D eigenvalue weighted by Gasteiger charge is 2.34. The molecule has 16 nitrogen and oxygen atoms in total. The standard InChI is InChI=1S/C43H49F2N9O7S/c1-26(2)54-27(3)49-40-32(44)22-29(23-36(40)54)39-33(45)24-47-43(52-39)50-30-8-10-31(11-9-30)62-48-15-17-60-19-21-61-20-18-59-16-14-46-34-7-5-6-28(25-55)38(34)42(58)53(4)35-12-13-37(56)51-41(35)57/h5-11,22-26,35,46,48H,12-21H2,1-4H3,(H,47,50,52)(H,51,56,57). The summed E-state index contributed by atoms with van der Waals surface area (Å²) in [5, 5.41) is 8.48. The number of nitrogens with one attached hydrogen (secondary N) is 4. The number of aldehydes is 1. The molecule has 1 saturated heterocycles. The second kappa shape index (κ2) is 21.8. The fourth-order valence-electron chi connectivity index (χ4n) is 6.89. The molecule has 3 heterocycles. The number of amides is 3. The number of carbonyl (C=O) groups excluding carboxylic acids is 4. The molecule has 1 fully saturated rings. The number of aryl methyl sites for hydroxylation is 1. The lowest BCUT2D eigenvalue weighted by atomic mass is 10.0. The molecule has 6 rings (SSSR count). The number of carbonyl (C=O) groups is 4. The molecule has 0 aliphatic carbocycles. The van der Waals surface area contributed by atoms with Gasteiger partial charge in [-0.1, -0.05) is 12.1 Å². The molecule has 0 bridgehead atoms. The van der Waals surface area contributed by atoms with E-state index < -0.39 is 29.5 Å². The molecular formula is C43H49F2N9O7S. The average molecular weight is 874 g/mol. The Morgan fingerprint density at radius 2 is 1.69 bits per heavy atom. The van der Waals surface area contributed by atoms with Gasteiger partial charge in [-0.05, 0) is 81.6 Å². The highest BCUT2D eigenvalue weighted by Crippen LogP contribution is 2.31. The van der Waals surface area contributed by atoms with Gasteiger partial charge in [-0.2, -0.15) is 0 Å². The van der Waals surface area contributed by atoms with Crippen LogP contribution in [0.4, 0.5) is 26.1 Å². The van der Waals surface area contributed by atoms with Crippen LogP contribution in [0.2, 0.25) is 0 Å². The molecule has 5 aromatic rings. The van der Waals surface area contributed by atoms with Crippen LogP contribution in [0.15, 0.2) is 65.7 Å². The number of ether oxygens (including phenoxy) is 3. The molecule has 19 heteroatoms. The third-order valence-electron chi connectivity index (χ3n) is 9.85. The van der Waals surface area contributed by atoms with Crippen LogP contribution in [-0.2, 0) is 23.8 Å². The number of anilines is 3. The zero-order valence-corrected chi connectivity index (χ0v) is 35.7. The van der Waals surface area contributed by atoms with Crippen LogP contribution in [0.1, 0.15) is 59.3 Å². The molecule has 3 aromatic carbocycles. The number of benzene rings is 3. The zero-order chi connectivity index (χ0) is 44.2. The third kappa shape index (κ3) is 11.5. The number of hydrogen-bond acceptors (Lipinski definition) is 14. The Morgan fingerprint density at radius 1 is 0.984 bits per heavy atom. The van der Waals surface area contributed by atoms with E-state index in [1.807, 2.05) is 49.6 Å². The van der Waals surface area contributed by atoms with E-state index in [1.165, 1.54) is 36.0 Å². The van der Waals surface area contributed by atoms with Crippen molar-refractivity contribution in [3.05, 3.63) is 89.4 Å². The SMILES string of the molecule is Cc1nc2c(F)cc(-c3nc(Nc4ccc(SNCCOCCOCCOCCNc5cccc(C=O)c5C(=O)N(C)C5CCC(=O)NC5=O)cc4)ncc3F)cc2n1C(C)C. The number of imidazole rings is 1. The van der Waals surface area contributed by atoms with Gasteiger partial charge in [0.1, 0.15) is 23.1 Å². The van der Waals surface area contributed by atoms with E-state index in [0.29, 0.717) is 81.7 Å². The highest BCUT2D eigenvalue weighted by atomic mass is 32.2. The van der Waals surface area contributed by atoms with Gasteiger partial charge in [0.25, 0.3) is 5.91 Å². The number of likely N-dealkylation sites (N-methyl/N-ethyl adjacent to an activating group) is 1. The number of rotatable bonds is 22. The van der Waals surface area contributed by atoms with Gasteiger partial charge in [0.2, 0.25) is 17.8 Å². The van der Waals surface area contributed by atoms with Crippen molar-refractivity contribution in [1.82, 2.24) is 34.5 Å². The maximum Gasteiger partial charge on any atom is 0.257 e. The van der Waals surface area contributed by atoms with Crippen molar-refractivity contribution in [1.29, 1.82) is 0 Å². The zero-order valence-electron chi connectivity index (χ0n) is 34.8. The molecule has 1 aliphatic rings. The van der Waals surface area contributed by atoms with Gasteiger partial charge in [0, 0.05) is 60.0 Å². The first-order chi connectivity index (χ1) is 29.9. The maximum absolute atomic E-state index is 15.1. The van der Waals surface area contributed by atoms with Gasteiger partial charge in [-0.15, -0.1) is 0 Å². The van der Waals surface area contributed by atoms with E-state index in [9.17, 15) is 23.6 Å². The number of hydrogen-bond donors (Lipinski definition) is 4. The summed E-state index contributed by atoms with van der Waals surface area (Å²) in [7, 11) is 1.48. The van der Waals surface area contributed by atoms with Gasteiger partial charge in [0.05, 0.1) is 56.9 Å². The average Bonchev–Trinajstić information content (AvgIpc) is 3.60. The number of halogens is 2. The van der Waals surface area contributed by atoms with Crippen LogP contribution in [0, 0.1) is 18.6 Å². The molecule has 1 aliphatic heterocycles. The summed E-state index contributed by atoms with van der Waals surface area (Å²) in [5.41, 5.74) is 2.50. The lowest BCUT2D eigenvalue weighted by Gasteiger charge is -2.30. The van der Waals surface area contributed by atoms with E-state index in [1.54, 1.807) is 18.2 Å². The first-order valence-corrected chi connectivity index (χ1v) is 20.9. The molecule has 1 unspecified atom stereocenters. The molecular weight excluding hydrogens is 825 g/mol. The van der Waals surface area contributed by atoms with Crippen molar-refractivity contribution >= 4 is 64.3 Å². The summed E-state index contributed by atoms with van der Waals surface area (Å²) >= 11 is 1.44. The molecule has 328 valence electrons. The van der Waals surface area contributed by atoms with Crippen LogP contribution in [0.3, 0.4) is 0 Å². The molecule has 4 N–H and O–H groups in total. The van der Waals surface area contributed by atoms with Crippen molar-refractivity contribution in [2.45, 2.75) is 50.6 Å². The van der Waals surface area contributed by atoms with Crippen LogP contribution < -0.4 is 20.7 Å². The third-order valence-corrected chi connectivity index (χ3v) is 10.7. The number of aromatic nitrogens is 4. The Morgan fingerprint density at radius 3 is 2.39 bits per heavy atom. The summed E-state index contributed by atoms with van der Waals surface area (Å²) < 4.78 is 52.0. The summed E-state index contributed by atoms with van der Waals surface area (Å²) in [5.74, 6) is -1.82. The molecule has 0 saturated carbocycles. The van der Waals surface area contributed by atoms with E-state index in [0.717, 1.165) is 11.1 Å². The van der Waals surface area contributed by atoms with Gasteiger partial charge >= 0.3 is 0 Å². The van der Waals surface area contributed by atoms with Crippen LogP contribution >= 0.6 is 11.9 Å². The Balaban J connectivity index is 0.836. The second-order valence-electron chi connectivity index (χ2n) is 14.5. The van der Waals surface area contributed by atoms with Gasteiger partial charge in [0.15, 0.2) is 17.9 Å². The monoisotopic (exact) mass is 873 g/mol. The molecule has 1 atom stereocenters. The fourth-order valence-corrected chi connectivity index (χ4v) is 7.52. The number of imide groups is 1. The van der Waals surface area contributed by atoms with Gasteiger partial charge in [-0.3, -0.25) is 29.2 Å². The lowest BCUT2D eigenvalue weighted by Crippen LogP contribution is -2.53. The van der Waals surface area contributed by atoms with Crippen molar-refractivity contribution in [2.24, 2.45) is 0 Å². The second-order valence-corrected chi connectivity index (χ2v) is 15.5. The minimum atomic E-state index is -0.821. The predicted molar refractivity (Wildman–Crippen MR) is 230 cm³/mol. The lowest BCUT2D eigenvalue weighted by molar-refractivity contribution is -0.136. The number of fused-ring (bicyclic) bond motifs is 1. The molecule has 0 radical (unpaired) electrons. The molecule has 2 aromatic heterocycles. The molecule has 3 amide bonds. The summed E-state index contributed by atoms with van der Waals surface area (Å²) in [6.45, 7) is 8.98. The Bertz CT molecular complexity index is 2380. The van der Waals surface area contributed by atoms with Crippen LogP contribution in [0.25, 0.3) is 22.3 Å². The van der Waals surface area contributed by atoms with Crippen LogP contribution in [-0.4, -0.2) is 114 Å².